The van der Waals surface area contributed by atoms with Crippen molar-refractivity contribution >= 4 is 5.91 Å². The van der Waals surface area contributed by atoms with Gasteiger partial charge in [-0.25, -0.2) is 0 Å². The summed E-state index contributed by atoms with van der Waals surface area (Å²) < 4.78 is 16.0. The van der Waals surface area contributed by atoms with E-state index < -0.39 is 0 Å². The number of aliphatic hydroxyl groups excluding tert-OH is 1. The second kappa shape index (κ2) is 7.12. The molecule has 1 aromatic rings. The van der Waals surface area contributed by atoms with Gasteiger partial charge in [-0.1, -0.05) is 6.07 Å². The number of hydrogen-bond acceptors (Lipinski definition) is 5. The summed E-state index contributed by atoms with van der Waals surface area (Å²) in [6.07, 6.45) is 0. The summed E-state index contributed by atoms with van der Waals surface area (Å²) in [5.74, 6) is 0.861. The van der Waals surface area contributed by atoms with Crippen molar-refractivity contribution in [2.75, 3.05) is 46.6 Å². The second-order valence-corrected chi connectivity index (χ2v) is 4.34. The molecular formula is C14H19NO5. The molecule has 0 fully saturated rings. The van der Waals surface area contributed by atoms with Crippen LogP contribution in [0, 0.1) is 0 Å². The highest BCUT2D eigenvalue weighted by Gasteiger charge is 2.23. The molecule has 0 unspecified atom stereocenters. The Labute approximate surface area is 117 Å². The predicted molar refractivity (Wildman–Crippen MR) is 72.3 cm³/mol. The minimum Gasteiger partial charge on any atom is -0.486 e. The van der Waals surface area contributed by atoms with Gasteiger partial charge in [0.25, 0.3) is 5.91 Å². The Hall–Kier alpha value is -1.79. The Morgan fingerprint density at radius 1 is 1.35 bits per heavy atom. The van der Waals surface area contributed by atoms with Crippen LogP contribution in [0.2, 0.25) is 0 Å². The van der Waals surface area contributed by atoms with Gasteiger partial charge in [-0.2, -0.15) is 0 Å². The third-order valence-corrected chi connectivity index (χ3v) is 3.02. The molecule has 1 amide bonds. The number of fused-ring (bicyclic) bond motifs is 1. The fourth-order valence-corrected chi connectivity index (χ4v) is 2.05. The average molecular weight is 281 g/mol. The Kier molecular flexibility index (Phi) is 5.20. The zero-order valence-electron chi connectivity index (χ0n) is 11.5. The number of rotatable bonds is 6. The number of methoxy groups -OCH3 is 1. The molecule has 1 aromatic carbocycles. The lowest BCUT2D eigenvalue weighted by atomic mass is 10.1. The maximum Gasteiger partial charge on any atom is 0.257 e. The van der Waals surface area contributed by atoms with Crippen LogP contribution in [0.3, 0.4) is 0 Å². The highest BCUT2D eigenvalue weighted by atomic mass is 16.6. The van der Waals surface area contributed by atoms with E-state index in [1.165, 1.54) is 4.90 Å². The van der Waals surface area contributed by atoms with Gasteiger partial charge in [-0.05, 0) is 12.1 Å². The van der Waals surface area contributed by atoms with Crippen molar-refractivity contribution in [2.45, 2.75) is 0 Å². The van der Waals surface area contributed by atoms with E-state index in [1.807, 2.05) is 0 Å². The van der Waals surface area contributed by atoms with Crippen LogP contribution < -0.4 is 9.47 Å². The molecule has 110 valence electrons. The van der Waals surface area contributed by atoms with Crippen LogP contribution in [0.4, 0.5) is 0 Å². The Morgan fingerprint density at radius 2 is 2.15 bits per heavy atom. The summed E-state index contributed by atoms with van der Waals surface area (Å²) >= 11 is 0. The first-order valence-electron chi connectivity index (χ1n) is 6.55. The fraction of sp³-hybridized carbons (Fsp3) is 0.500. The van der Waals surface area contributed by atoms with Crippen molar-refractivity contribution < 1.29 is 24.1 Å². The summed E-state index contributed by atoms with van der Waals surface area (Å²) in [5, 5.41) is 9.08. The van der Waals surface area contributed by atoms with E-state index in [9.17, 15) is 4.79 Å². The lowest BCUT2D eigenvalue weighted by molar-refractivity contribution is 0.0647. The molecule has 6 nitrogen and oxygen atoms in total. The van der Waals surface area contributed by atoms with Crippen molar-refractivity contribution in [1.82, 2.24) is 4.90 Å². The Balaban J connectivity index is 2.22. The SMILES string of the molecule is COCCN(CCO)C(=O)c1cccc2c1OCCO2. The van der Waals surface area contributed by atoms with E-state index in [0.717, 1.165) is 0 Å². The summed E-state index contributed by atoms with van der Waals surface area (Å²) in [6.45, 7) is 1.90. The number of para-hydroxylation sites is 1. The van der Waals surface area contributed by atoms with Crippen LogP contribution in [0.25, 0.3) is 0 Å². The molecule has 0 bridgehead atoms. The highest BCUT2D eigenvalue weighted by Crippen LogP contribution is 2.34. The summed E-state index contributed by atoms with van der Waals surface area (Å²) in [4.78, 5) is 14.1. The van der Waals surface area contributed by atoms with Gasteiger partial charge < -0.3 is 24.2 Å². The number of benzene rings is 1. The molecule has 2 rings (SSSR count). The third kappa shape index (κ3) is 3.20. The van der Waals surface area contributed by atoms with E-state index in [1.54, 1.807) is 25.3 Å². The molecule has 20 heavy (non-hydrogen) atoms. The molecule has 1 heterocycles. The zero-order valence-corrected chi connectivity index (χ0v) is 11.5. The predicted octanol–water partition coefficient (Wildman–Crippen LogP) is 0.539. The number of carbonyl (C=O) groups is 1. The smallest absolute Gasteiger partial charge is 0.257 e. The maximum atomic E-state index is 12.5. The number of carbonyl (C=O) groups excluding carboxylic acids is 1. The lowest BCUT2D eigenvalue weighted by Gasteiger charge is -2.25. The number of aliphatic hydroxyl groups is 1. The quantitative estimate of drug-likeness (QED) is 0.824. The van der Waals surface area contributed by atoms with Crippen molar-refractivity contribution in [3.8, 4) is 11.5 Å². The maximum absolute atomic E-state index is 12.5. The van der Waals surface area contributed by atoms with Gasteiger partial charge in [0, 0.05) is 20.2 Å². The van der Waals surface area contributed by atoms with Crippen molar-refractivity contribution in [1.29, 1.82) is 0 Å². The first-order valence-corrected chi connectivity index (χ1v) is 6.55. The molecule has 0 aliphatic carbocycles. The molecule has 1 N–H and O–H groups in total. The Morgan fingerprint density at radius 3 is 2.90 bits per heavy atom. The van der Waals surface area contributed by atoms with Gasteiger partial charge in [0.1, 0.15) is 13.2 Å². The molecule has 0 saturated heterocycles. The number of hydrogen-bond donors (Lipinski definition) is 1. The van der Waals surface area contributed by atoms with E-state index in [2.05, 4.69) is 0 Å². The van der Waals surface area contributed by atoms with Crippen LogP contribution in [-0.2, 0) is 4.74 Å². The van der Waals surface area contributed by atoms with Gasteiger partial charge >= 0.3 is 0 Å². The van der Waals surface area contributed by atoms with Crippen LogP contribution in [0.5, 0.6) is 11.5 Å². The second-order valence-electron chi connectivity index (χ2n) is 4.34. The number of ether oxygens (including phenoxy) is 3. The highest BCUT2D eigenvalue weighted by molar-refractivity contribution is 5.97. The van der Waals surface area contributed by atoms with E-state index in [4.69, 9.17) is 19.3 Å². The monoisotopic (exact) mass is 281 g/mol. The molecular weight excluding hydrogens is 262 g/mol. The molecule has 0 aromatic heterocycles. The van der Waals surface area contributed by atoms with Gasteiger partial charge in [-0.15, -0.1) is 0 Å². The minimum atomic E-state index is -0.196. The van der Waals surface area contributed by atoms with Gasteiger partial charge in [0.15, 0.2) is 11.5 Å². The largest absolute Gasteiger partial charge is 0.486 e. The average Bonchev–Trinajstić information content (AvgIpc) is 2.50. The molecule has 0 radical (unpaired) electrons. The summed E-state index contributed by atoms with van der Waals surface area (Å²) in [6, 6.07) is 5.23. The van der Waals surface area contributed by atoms with E-state index in [0.29, 0.717) is 43.4 Å². The molecule has 6 heteroatoms. The first-order chi connectivity index (χ1) is 9.77. The van der Waals surface area contributed by atoms with E-state index in [-0.39, 0.29) is 19.1 Å². The van der Waals surface area contributed by atoms with Crippen LogP contribution in [0.15, 0.2) is 18.2 Å². The summed E-state index contributed by atoms with van der Waals surface area (Å²) in [7, 11) is 1.57. The molecule has 0 saturated carbocycles. The van der Waals surface area contributed by atoms with Crippen LogP contribution >= 0.6 is 0 Å². The zero-order chi connectivity index (χ0) is 14.4. The van der Waals surface area contributed by atoms with Gasteiger partial charge in [0.05, 0.1) is 18.8 Å². The lowest BCUT2D eigenvalue weighted by Crippen LogP contribution is -2.36. The van der Waals surface area contributed by atoms with Gasteiger partial charge in [-0.3, -0.25) is 4.79 Å². The standard InChI is InChI=1S/C14H19NO5/c1-18-8-6-15(5-7-16)14(17)11-3-2-4-12-13(11)20-10-9-19-12/h2-4,16H,5-10H2,1H3. The minimum absolute atomic E-state index is 0.0954. The molecule has 1 aliphatic rings. The van der Waals surface area contributed by atoms with Crippen molar-refractivity contribution in [3.05, 3.63) is 23.8 Å². The van der Waals surface area contributed by atoms with Gasteiger partial charge in [0.2, 0.25) is 0 Å². The molecule has 1 aliphatic heterocycles. The van der Waals surface area contributed by atoms with E-state index >= 15 is 0 Å². The number of nitrogens with zero attached hydrogens (tertiary/aromatic N) is 1. The normalized spacial score (nSPS) is 13.1. The first kappa shape index (κ1) is 14.6. The topological polar surface area (TPSA) is 68.2 Å². The van der Waals surface area contributed by atoms with Crippen LogP contribution in [-0.4, -0.2) is 62.5 Å². The number of amides is 1. The molecule has 0 atom stereocenters. The van der Waals surface area contributed by atoms with Crippen molar-refractivity contribution in [3.63, 3.8) is 0 Å². The third-order valence-electron chi connectivity index (χ3n) is 3.02. The summed E-state index contributed by atoms with van der Waals surface area (Å²) in [5.41, 5.74) is 0.451. The van der Waals surface area contributed by atoms with Crippen LogP contribution in [0.1, 0.15) is 10.4 Å². The Bertz CT molecular complexity index is 463. The fourth-order valence-electron chi connectivity index (χ4n) is 2.05. The van der Waals surface area contributed by atoms with Crippen molar-refractivity contribution in [2.24, 2.45) is 0 Å². The molecule has 0 spiro atoms.